The molecule has 1 amide bonds. The summed E-state index contributed by atoms with van der Waals surface area (Å²) in [6.07, 6.45) is -3.53. The molecule has 0 heterocycles. The molecule has 0 aliphatic heterocycles. The van der Waals surface area contributed by atoms with Crippen molar-refractivity contribution in [2.45, 2.75) is 18.0 Å². The van der Waals surface area contributed by atoms with Gasteiger partial charge in [0.15, 0.2) is 9.84 Å². The van der Waals surface area contributed by atoms with Gasteiger partial charge in [-0.15, -0.1) is 0 Å². The topological polar surface area (TPSA) is 63.2 Å². The lowest BCUT2D eigenvalue weighted by molar-refractivity contribution is -0.138. The first-order valence-electron chi connectivity index (χ1n) is 6.78. The van der Waals surface area contributed by atoms with Gasteiger partial charge in [0.05, 0.1) is 10.5 Å². The molecule has 0 saturated carbocycles. The lowest BCUT2D eigenvalue weighted by atomic mass is 10.1. The number of alkyl halides is 3. The van der Waals surface area contributed by atoms with Crippen LogP contribution in [0.5, 0.6) is 0 Å². The van der Waals surface area contributed by atoms with Gasteiger partial charge in [-0.1, -0.05) is 12.1 Å². The van der Waals surface area contributed by atoms with E-state index in [1.165, 1.54) is 43.3 Å². The third kappa shape index (κ3) is 4.14. The molecule has 24 heavy (non-hydrogen) atoms. The third-order valence-electron chi connectivity index (χ3n) is 3.33. The molecule has 0 bridgehead atoms. The van der Waals surface area contributed by atoms with Crippen molar-refractivity contribution < 1.29 is 26.4 Å². The molecule has 0 saturated heterocycles. The van der Waals surface area contributed by atoms with E-state index in [1.807, 2.05) is 0 Å². The maximum absolute atomic E-state index is 12.9. The van der Waals surface area contributed by atoms with Crippen LogP contribution in [0, 0.1) is 6.92 Å². The number of hydrogen-bond donors (Lipinski definition) is 1. The molecule has 4 nitrogen and oxygen atoms in total. The second-order valence-electron chi connectivity index (χ2n) is 5.28. The Bertz CT molecular complexity index is 890. The number of nitrogens with one attached hydrogen (secondary N) is 1. The Labute approximate surface area is 137 Å². The van der Waals surface area contributed by atoms with Crippen LogP contribution >= 0.6 is 0 Å². The summed E-state index contributed by atoms with van der Waals surface area (Å²) in [6.45, 7) is 1.32. The van der Waals surface area contributed by atoms with E-state index in [0.29, 0.717) is 0 Å². The van der Waals surface area contributed by atoms with E-state index in [2.05, 4.69) is 5.32 Å². The quantitative estimate of drug-likeness (QED) is 0.912. The maximum atomic E-state index is 12.9. The number of halogens is 3. The zero-order chi connectivity index (χ0) is 18.1. The second kappa shape index (κ2) is 6.27. The van der Waals surface area contributed by atoms with Gasteiger partial charge in [-0.3, -0.25) is 4.79 Å². The molecule has 0 radical (unpaired) electrons. The predicted molar refractivity (Wildman–Crippen MR) is 83.7 cm³/mol. The Morgan fingerprint density at radius 3 is 2.33 bits per heavy atom. The van der Waals surface area contributed by atoms with E-state index in [4.69, 9.17) is 0 Å². The van der Waals surface area contributed by atoms with Crippen LogP contribution in [-0.2, 0) is 16.0 Å². The number of amides is 1. The molecule has 1 N–H and O–H groups in total. The van der Waals surface area contributed by atoms with Crippen molar-refractivity contribution in [2.24, 2.45) is 0 Å². The van der Waals surface area contributed by atoms with Crippen LogP contribution in [0.3, 0.4) is 0 Å². The number of hydrogen-bond acceptors (Lipinski definition) is 3. The minimum Gasteiger partial charge on any atom is -0.322 e. The second-order valence-corrected chi connectivity index (χ2v) is 7.30. The minimum absolute atomic E-state index is 0.0253. The van der Waals surface area contributed by atoms with Gasteiger partial charge in [0.2, 0.25) is 0 Å². The number of aryl methyl sites for hydroxylation is 1. The average molecular weight is 357 g/mol. The van der Waals surface area contributed by atoms with E-state index in [-0.39, 0.29) is 21.7 Å². The average Bonchev–Trinajstić information content (AvgIpc) is 2.47. The molecule has 2 aromatic carbocycles. The van der Waals surface area contributed by atoms with Crippen LogP contribution in [0.1, 0.15) is 21.5 Å². The van der Waals surface area contributed by atoms with Crippen LogP contribution in [0.15, 0.2) is 47.4 Å². The van der Waals surface area contributed by atoms with E-state index in [1.54, 1.807) is 0 Å². The van der Waals surface area contributed by atoms with Gasteiger partial charge in [-0.05, 0) is 42.8 Å². The maximum Gasteiger partial charge on any atom is 0.416 e. The molecule has 0 aliphatic rings. The number of benzene rings is 2. The fraction of sp³-hybridized carbons (Fsp3) is 0.188. The Hall–Kier alpha value is -2.35. The van der Waals surface area contributed by atoms with Crippen LogP contribution in [0.25, 0.3) is 0 Å². The number of sulfone groups is 1. The molecule has 0 unspecified atom stereocenters. The summed E-state index contributed by atoms with van der Waals surface area (Å²) in [5.74, 6) is -0.697. The largest absolute Gasteiger partial charge is 0.416 e. The van der Waals surface area contributed by atoms with Gasteiger partial charge < -0.3 is 5.32 Å². The Morgan fingerprint density at radius 1 is 1.08 bits per heavy atom. The molecule has 8 heteroatoms. The number of carbonyl (C=O) groups is 1. The molecule has 2 aromatic rings. The molecule has 0 aromatic heterocycles. The molecule has 0 atom stereocenters. The molecule has 128 valence electrons. The van der Waals surface area contributed by atoms with Gasteiger partial charge in [-0.25, -0.2) is 8.42 Å². The molecular weight excluding hydrogens is 343 g/mol. The highest BCUT2D eigenvalue weighted by molar-refractivity contribution is 7.90. The Balaban J connectivity index is 2.31. The smallest absolute Gasteiger partial charge is 0.322 e. The molecular formula is C16H14F3NO3S. The summed E-state index contributed by atoms with van der Waals surface area (Å²) >= 11 is 0. The minimum atomic E-state index is -4.53. The van der Waals surface area contributed by atoms with Crippen molar-refractivity contribution in [1.29, 1.82) is 0 Å². The molecule has 0 fully saturated rings. The number of carbonyl (C=O) groups excluding carboxylic acids is 1. The summed E-state index contributed by atoms with van der Waals surface area (Å²) in [5.41, 5.74) is -0.792. The first kappa shape index (κ1) is 18.0. The van der Waals surface area contributed by atoms with Crippen molar-refractivity contribution in [1.82, 2.24) is 0 Å². The first-order valence-corrected chi connectivity index (χ1v) is 8.67. The fourth-order valence-corrected chi connectivity index (χ4v) is 2.74. The zero-order valence-corrected chi connectivity index (χ0v) is 13.6. The highest BCUT2D eigenvalue weighted by Crippen LogP contribution is 2.33. The van der Waals surface area contributed by atoms with Gasteiger partial charge >= 0.3 is 6.18 Å². The van der Waals surface area contributed by atoms with Crippen molar-refractivity contribution >= 4 is 21.4 Å². The van der Waals surface area contributed by atoms with Crippen LogP contribution in [0.2, 0.25) is 0 Å². The van der Waals surface area contributed by atoms with Gasteiger partial charge in [-0.2, -0.15) is 13.2 Å². The van der Waals surface area contributed by atoms with E-state index >= 15 is 0 Å². The van der Waals surface area contributed by atoms with Crippen LogP contribution < -0.4 is 5.32 Å². The van der Waals surface area contributed by atoms with E-state index in [0.717, 1.165) is 12.3 Å². The molecule has 2 rings (SSSR count). The van der Waals surface area contributed by atoms with Gasteiger partial charge in [0.25, 0.3) is 5.91 Å². The van der Waals surface area contributed by atoms with Crippen LogP contribution in [-0.4, -0.2) is 20.6 Å². The number of rotatable bonds is 3. The predicted octanol–water partition coefficient (Wildman–Crippen LogP) is 3.67. The fourth-order valence-electron chi connectivity index (χ4n) is 2.08. The van der Waals surface area contributed by atoms with Crippen LogP contribution in [0.4, 0.5) is 18.9 Å². The highest BCUT2D eigenvalue weighted by atomic mass is 32.2. The summed E-state index contributed by atoms with van der Waals surface area (Å²) in [7, 11) is -3.49. The monoisotopic (exact) mass is 357 g/mol. The summed E-state index contributed by atoms with van der Waals surface area (Å²) in [4.78, 5) is 12.1. The Morgan fingerprint density at radius 2 is 1.75 bits per heavy atom. The Kier molecular flexibility index (Phi) is 4.70. The van der Waals surface area contributed by atoms with Crippen molar-refractivity contribution in [3.8, 4) is 0 Å². The SMILES string of the molecule is Cc1ccc(NC(=O)c2cccc(S(C)(=O)=O)c2)cc1C(F)(F)F. The summed E-state index contributed by atoms with van der Waals surface area (Å²) in [5, 5.41) is 2.34. The standard InChI is InChI=1S/C16H14F3NO3S/c1-10-6-7-12(9-14(10)16(17,18)19)20-15(21)11-4-3-5-13(8-11)24(2,22)23/h3-9H,1-2H3,(H,20,21). The van der Waals surface area contributed by atoms with Gasteiger partial charge in [0.1, 0.15) is 0 Å². The first-order chi connectivity index (χ1) is 11.0. The van der Waals surface area contributed by atoms with Crippen molar-refractivity contribution in [3.63, 3.8) is 0 Å². The lowest BCUT2D eigenvalue weighted by Crippen LogP contribution is -2.14. The van der Waals surface area contributed by atoms with Gasteiger partial charge in [0, 0.05) is 17.5 Å². The normalized spacial score (nSPS) is 12.0. The van der Waals surface area contributed by atoms with Crippen molar-refractivity contribution in [3.05, 3.63) is 59.2 Å². The number of anilines is 1. The summed E-state index contributed by atoms with van der Waals surface area (Å²) < 4.78 is 61.7. The summed E-state index contributed by atoms with van der Waals surface area (Å²) in [6, 6.07) is 8.72. The molecule has 0 spiro atoms. The lowest BCUT2D eigenvalue weighted by Gasteiger charge is -2.13. The van der Waals surface area contributed by atoms with E-state index in [9.17, 15) is 26.4 Å². The zero-order valence-electron chi connectivity index (χ0n) is 12.8. The van der Waals surface area contributed by atoms with Crippen molar-refractivity contribution in [2.75, 3.05) is 11.6 Å². The van der Waals surface area contributed by atoms with E-state index < -0.39 is 27.5 Å². The third-order valence-corrected chi connectivity index (χ3v) is 4.44. The highest BCUT2D eigenvalue weighted by Gasteiger charge is 2.32. The molecule has 0 aliphatic carbocycles.